The molecule has 1 fully saturated rings. The van der Waals surface area contributed by atoms with E-state index in [1.807, 2.05) is 118 Å². The van der Waals surface area contributed by atoms with E-state index >= 15 is 0 Å². The Morgan fingerprint density at radius 1 is 0.677 bits per heavy atom. The highest BCUT2D eigenvalue weighted by Gasteiger charge is 2.30. The van der Waals surface area contributed by atoms with Crippen LogP contribution >= 0.6 is 0 Å². The number of ether oxygens (including phenoxy) is 3. The van der Waals surface area contributed by atoms with E-state index in [4.69, 9.17) is 14.2 Å². The second-order valence-electron chi connectivity index (χ2n) is 16.9. The van der Waals surface area contributed by atoms with Crippen LogP contribution in [0.1, 0.15) is 89.6 Å². The predicted molar refractivity (Wildman–Crippen MR) is 250 cm³/mol. The zero-order chi connectivity index (χ0) is 45.5. The van der Waals surface area contributed by atoms with E-state index in [0.717, 1.165) is 40.7 Å². The maximum atomic E-state index is 14.1. The molecule has 2 atom stereocenters. The van der Waals surface area contributed by atoms with E-state index < -0.39 is 18.0 Å². The van der Waals surface area contributed by atoms with Gasteiger partial charge in [-0.2, -0.15) is 0 Å². The highest BCUT2D eigenvalue weighted by atomic mass is 16.5. The summed E-state index contributed by atoms with van der Waals surface area (Å²) in [6.07, 6.45) is 3.86. The second kappa shape index (κ2) is 22.5. The molecule has 5 aliphatic rings. The van der Waals surface area contributed by atoms with Crippen LogP contribution in [0.25, 0.3) is 0 Å². The Hall–Kier alpha value is -7.06. The summed E-state index contributed by atoms with van der Waals surface area (Å²) in [5.74, 6) is 6.82. The summed E-state index contributed by atoms with van der Waals surface area (Å²) in [6, 6.07) is 34.2. The van der Waals surface area contributed by atoms with Crippen LogP contribution in [-0.2, 0) is 38.6 Å². The van der Waals surface area contributed by atoms with Gasteiger partial charge in [0.15, 0.2) is 18.1 Å². The molecule has 4 amide bonds. The number of nitrogens with one attached hydrogen (secondary N) is 4. The topological polar surface area (TPSA) is 144 Å². The van der Waals surface area contributed by atoms with Gasteiger partial charge < -0.3 is 35.5 Å². The van der Waals surface area contributed by atoms with E-state index in [0.29, 0.717) is 66.4 Å². The number of carbonyl (C=O) groups is 4. The lowest BCUT2D eigenvalue weighted by atomic mass is 9.84. The number of hydrogen-bond acceptors (Lipinski definition) is 7. The number of aryl methyl sites for hydroxylation is 2. The highest BCUT2D eigenvalue weighted by Crippen LogP contribution is 2.35. The molecule has 1 aliphatic carbocycles. The standard InChI is InChI=1S/C54H58N4O7/c1-4-63-48-32-42(16-15-41-28-36(2)27-37(3)29-41)30-44-34-64-46-23-19-38(20-24-46)25-26-55-53(61)47(31-39-11-7-5-8-12-39)57-54(62)51(43-13-9-6-10-14-43)58-49(59)33-40-17-21-45(22-18-40)56-50(60)35-65-52(44)48/h5-14,19-20,23-24,27-30,32,40,45,47,51H,4,17-18,21-22,25-26,31,33-35H2,1-3H3,(H,55,61)(H,56,60)(H,57,62)(H,58,59)/t40?,45?,47-,51+/m1/s1. The van der Waals surface area contributed by atoms with Crippen molar-refractivity contribution in [3.8, 4) is 29.1 Å². The lowest BCUT2D eigenvalue weighted by Gasteiger charge is -2.29. The van der Waals surface area contributed by atoms with Crippen LogP contribution in [0.3, 0.4) is 0 Å². The minimum atomic E-state index is -1.01. The minimum absolute atomic E-state index is 0.0704. The monoisotopic (exact) mass is 874 g/mol. The molecule has 336 valence electrons. The quantitative estimate of drug-likeness (QED) is 0.135. The average Bonchev–Trinajstić information content (AvgIpc) is 3.30. The van der Waals surface area contributed by atoms with Gasteiger partial charge in [-0.3, -0.25) is 19.2 Å². The van der Waals surface area contributed by atoms with Crippen LogP contribution in [0, 0.1) is 31.6 Å². The minimum Gasteiger partial charge on any atom is -0.490 e. The van der Waals surface area contributed by atoms with Crippen molar-refractivity contribution in [1.82, 2.24) is 21.3 Å². The van der Waals surface area contributed by atoms with Gasteiger partial charge in [-0.15, -0.1) is 0 Å². The fraction of sp³-hybridized carbons (Fsp3) is 0.333. The van der Waals surface area contributed by atoms with Gasteiger partial charge in [-0.05, 0) is 123 Å². The van der Waals surface area contributed by atoms with Gasteiger partial charge in [-0.25, -0.2) is 0 Å². The molecule has 10 rings (SSSR count). The molecule has 4 aliphatic heterocycles. The van der Waals surface area contributed by atoms with E-state index in [2.05, 4.69) is 39.2 Å². The smallest absolute Gasteiger partial charge is 0.258 e. The van der Waals surface area contributed by atoms with Crippen molar-refractivity contribution in [2.75, 3.05) is 19.8 Å². The lowest BCUT2D eigenvalue weighted by Crippen LogP contribution is -2.52. The number of amides is 4. The molecule has 11 nitrogen and oxygen atoms in total. The van der Waals surface area contributed by atoms with Crippen LogP contribution in [0.2, 0.25) is 0 Å². The fourth-order valence-corrected chi connectivity index (χ4v) is 8.48. The van der Waals surface area contributed by atoms with E-state index in [1.165, 1.54) is 0 Å². The SMILES string of the molecule is CCOc1cc(C#Cc2cc(C)cc(C)c2)cc2c1OCC(=O)NC1CCC(CC1)CC(=O)N[C@@H](c1ccccc1)C(=O)N[C@H](Cc1ccccc1)C(=O)NCCc1ccc(cc1)OC2. The third-order valence-corrected chi connectivity index (χ3v) is 11.7. The molecule has 11 heteroatoms. The molecule has 4 bridgehead atoms. The highest BCUT2D eigenvalue weighted by molar-refractivity contribution is 5.93. The van der Waals surface area contributed by atoms with Crippen molar-refractivity contribution in [2.45, 2.75) is 90.4 Å². The number of benzene rings is 5. The molecule has 1 saturated carbocycles. The summed E-state index contributed by atoms with van der Waals surface area (Å²) < 4.78 is 18.7. The molecule has 65 heavy (non-hydrogen) atoms. The van der Waals surface area contributed by atoms with E-state index in [1.54, 1.807) is 12.1 Å². The van der Waals surface area contributed by atoms with Crippen LogP contribution < -0.4 is 35.5 Å². The van der Waals surface area contributed by atoms with Crippen LogP contribution in [0.15, 0.2) is 115 Å². The molecule has 5 aromatic rings. The van der Waals surface area contributed by atoms with Crippen molar-refractivity contribution >= 4 is 23.6 Å². The third-order valence-electron chi connectivity index (χ3n) is 11.7. The van der Waals surface area contributed by atoms with Gasteiger partial charge in [-0.1, -0.05) is 90.7 Å². The number of carbonyl (C=O) groups excluding carboxylic acids is 4. The summed E-state index contributed by atoms with van der Waals surface area (Å²) in [6.45, 7) is 6.56. The van der Waals surface area contributed by atoms with Crippen molar-refractivity contribution in [3.05, 3.63) is 160 Å². The summed E-state index contributed by atoms with van der Waals surface area (Å²) in [7, 11) is 0. The molecule has 0 saturated heterocycles. The zero-order valence-electron chi connectivity index (χ0n) is 37.4. The van der Waals surface area contributed by atoms with E-state index in [-0.39, 0.29) is 55.7 Å². The van der Waals surface area contributed by atoms with Gasteiger partial charge in [0.25, 0.3) is 5.91 Å². The van der Waals surface area contributed by atoms with Crippen molar-refractivity contribution in [3.63, 3.8) is 0 Å². The number of hydrogen-bond donors (Lipinski definition) is 4. The van der Waals surface area contributed by atoms with Gasteiger partial charge in [0.1, 0.15) is 24.4 Å². The molecular weight excluding hydrogens is 817 g/mol. The van der Waals surface area contributed by atoms with Crippen LogP contribution in [-0.4, -0.2) is 55.5 Å². The first-order valence-electron chi connectivity index (χ1n) is 22.6. The molecule has 5 aromatic carbocycles. The molecule has 0 aromatic heterocycles. The summed E-state index contributed by atoms with van der Waals surface area (Å²) in [5.41, 5.74) is 7.01. The maximum absolute atomic E-state index is 14.1. The normalized spacial score (nSPS) is 19.9. The Kier molecular flexibility index (Phi) is 15.9. The van der Waals surface area contributed by atoms with Crippen LogP contribution in [0.4, 0.5) is 0 Å². The second-order valence-corrected chi connectivity index (χ2v) is 16.9. The number of rotatable bonds is 5. The van der Waals surface area contributed by atoms with Gasteiger partial charge in [0, 0.05) is 42.1 Å². The van der Waals surface area contributed by atoms with Crippen LogP contribution in [0.5, 0.6) is 17.2 Å². The van der Waals surface area contributed by atoms with Gasteiger partial charge >= 0.3 is 0 Å². The first kappa shape index (κ1) is 45.9. The third kappa shape index (κ3) is 13.5. The molecular formula is C54H58N4O7. The molecule has 0 spiro atoms. The maximum Gasteiger partial charge on any atom is 0.258 e. The van der Waals surface area contributed by atoms with E-state index in [9.17, 15) is 19.2 Å². The van der Waals surface area contributed by atoms with Crippen molar-refractivity contribution in [2.24, 2.45) is 5.92 Å². The fourth-order valence-electron chi connectivity index (χ4n) is 8.48. The average molecular weight is 875 g/mol. The van der Waals surface area contributed by atoms with Crippen molar-refractivity contribution < 1.29 is 33.4 Å². The predicted octanol–water partition coefficient (Wildman–Crippen LogP) is 7.38. The van der Waals surface area contributed by atoms with Crippen molar-refractivity contribution in [1.29, 1.82) is 0 Å². The first-order valence-corrected chi connectivity index (χ1v) is 22.6. The summed E-state index contributed by atoms with van der Waals surface area (Å²) in [4.78, 5) is 55.1. The molecule has 4 heterocycles. The van der Waals surface area contributed by atoms with Gasteiger partial charge in [0.2, 0.25) is 17.7 Å². The Morgan fingerprint density at radius 3 is 2.05 bits per heavy atom. The Balaban J connectivity index is 1.14. The lowest BCUT2D eigenvalue weighted by molar-refractivity contribution is -0.132. The first-order chi connectivity index (χ1) is 31.6. The zero-order valence-corrected chi connectivity index (χ0v) is 37.4. The summed E-state index contributed by atoms with van der Waals surface area (Å²) >= 11 is 0. The Bertz CT molecular complexity index is 2470. The van der Waals surface area contributed by atoms with Gasteiger partial charge in [0.05, 0.1) is 6.61 Å². The molecule has 4 N–H and O–H groups in total. The molecule has 0 radical (unpaired) electrons. The Labute approximate surface area is 382 Å². The largest absolute Gasteiger partial charge is 0.490 e. The summed E-state index contributed by atoms with van der Waals surface area (Å²) in [5, 5.41) is 12.1. The Morgan fingerprint density at radius 2 is 1.35 bits per heavy atom. The molecule has 0 unspecified atom stereocenters.